The molecular formula is C23H27N3O5. The van der Waals surface area contributed by atoms with Crippen LogP contribution in [0.4, 0.5) is 0 Å². The van der Waals surface area contributed by atoms with Gasteiger partial charge in [-0.25, -0.2) is 4.79 Å². The molecule has 1 fully saturated rings. The van der Waals surface area contributed by atoms with E-state index in [2.05, 4.69) is 9.88 Å². The van der Waals surface area contributed by atoms with Crippen molar-refractivity contribution in [2.24, 2.45) is 0 Å². The molecule has 0 radical (unpaired) electrons. The summed E-state index contributed by atoms with van der Waals surface area (Å²) in [6.07, 6.45) is 0.631. The first-order valence-electron chi connectivity index (χ1n) is 10.3. The number of aliphatic hydroxyl groups is 1. The summed E-state index contributed by atoms with van der Waals surface area (Å²) in [5.74, 6) is 0.212. The second kappa shape index (κ2) is 8.95. The lowest BCUT2D eigenvalue weighted by atomic mass is 10.0. The molecule has 3 aromatic rings. The number of fused-ring (bicyclic) bond motifs is 1. The summed E-state index contributed by atoms with van der Waals surface area (Å²) in [5, 5.41) is 9.91. The molecule has 1 aromatic heterocycles. The summed E-state index contributed by atoms with van der Waals surface area (Å²) in [6, 6.07) is 12.8. The van der Waals surface area contributed by atoms with Crippen molar-refractivity contribution in [1.29, 1.82) is 0 Å². The largest absolute Gasteiger partial charge is 0.497 e. The van der Waals surface area contributed by atoms with Crippen LogP contribution in [0.2, 0.25) is 0 Å². The predicted molar refractivity (Wildman–Crippen MR) is 116 cm³/mol. The molecule has 1 aliphatic heterocycles. The molecule has 0 saturated carbocycles. The SMILES string of the molecule is COc1ccc([C@@H](CN2CC[C@H](O)C2)N(C)C(=O)Cc2ccc3oc(=O)[nH]c3c2)cc1. The van der Waals surface area contributed by atoms with Crippen molar-refractivity contribution in [2.45, 2.75) is 25.0 Å². The van der Waals surface area contributed by atoms with Crippen LogP contribution in [0.5, 0.6) is 5.75 Å². The highest BCUT2D eigenvalue weighted by atomic mass is 16.5. The number of amides is 1. The van der Waals surface area contributed by atoms with Crippen molar-refractivity contribution in [3.63, 3.8) is 0 Å². The molecule has 1 amide bonds. The van der Waals surface area contributed by atoms with E-state index >= 15 is 0 Å². The topological polar surface area (TPSA) is 99.0 Å². The summed E-state index contributed by atoms with van der Waals surface area (Å²) >= 11 is 0. The zero-order chi connectivity index (χ0) is 22.0. The number of hydrogen-bond acceptors (Lipinski definition) is 6. The molecule has 8 nitrogen and oxygen atoms in total. The predicted octanol–water partition coefficient (Wildman–Crippen LogP) is 1.94. The maximum atomic E-state index is 13.2. The number of likely N-dealkylation sites (N-methyl/N-ethyl adjacent to an activating group) is 1. The van der Waals surface area contributed by atoms with Gasteiger partial charge < -0.3 is 19.2 Å². The Morgan fingerprint density at radius 2 is 2.10 bits per heavy atom. The molecule has 1 saturated heterocycles. The Bertz CT molecular complexity index is 1100. The quantitative estimate of drug-likeness (QED) is 0.600. The van der Waals surface area contributed by atoms with Gasteiger partial charge >= 0.3 is 5.76 Å². The van der Waals surface area contributed by atoms with Crippen LogP contribution < -0.4 is 10.5 Å². The average molecular weight is 425 g/mol. The third kappa shape index (κ3) is 4.81. The number of rotatable bonds is 7. The number of H-pyrrole nitrogens is 1. The molecule has 164 valence electrons. The molecule has 2 N–H and O–H groups in total. The van der Waals surface area contributed by atoms with Gasteiger partial charge in [0.15, 0.2) is 5.58 Å². The number of aromatic amines is 1. The number of methoxy groups -OCH3 is 1. The van der Waals surface area contributed by atoms with Crippen molar-refractivity contribution in [1.82, 2.24) is 14.8 Å². The van der Waals surface area contributed by atoms with Gasteiger partial charge in [0, 0.05) is 26.7 Å². The molecule has 0 unspecified atom stereocenters. The molecule has 0 bridgehead atoms. The van der Waals surface area contributed by atoms with E-state index in [4.69, 9.17) is 9.15 Å². The normalized spacial score (nSPS) is 17.7. The highest BCUT2D eigenvalue weighted by molar-refractivity contribution is 5.81. The van der Waals surface area contributed by atoms with Gasteiger partial charge in [-0.2, -0.15) is 0 Å². The summed E-state index contributed by atoms with van der Waals surface area (Å²) in [5.41, 5.74) is 2.85. The van der Waals surface area contributed by atoms with E-state index in [0.29, 0.717) is 24.2 Å². The number of β-amino-alcohol motifs (C(OH)–C–C–N with tert-alkyl or cyclic N) is 1. The van der Waals surface area contributed by atoms with E-state index in [-0.39, 0.29) is 24.5 Å². The molecular weight excluding hydrogens is 398 g/mol. The van der Waals surface area contributed by atoms with Crippen molar-refractivity contribution in [3.8, 4) is 5.75 Å². The van der Waals surface area contributed by atoms with Crippen LogP contribution in [-0.4, -0.2) is 65.7 Å². The van der Waals surface area contributed by atoms with E-state index in [1.807, 2.05) is 31.3 Å². The zero-order valence-electron chi connectivity index (χ0n) is 17.7. The van der Waals surface area contributed by atoms with Gasteiger partial charge in [-0.1, -0.05) is 18.2 Å². The van der Waals surface area contributed by atoms with Gasteiger partial charge in [-0.3, -0.25) is 14.7 Å². The lowest BCUT2D eigenvalue weighted by Gasteiger charge is -2.32. The van der Waals surface area contributed by atoms with Crippen molar-refractivity contribution in [2.75, 3.05) is 33.8 Å². The second-order valence-corrected chi connectivity index (χ2v) is 8.02. The third-order valence-electron chi connectivity index (χ3n) is 5.88. The van der Waals surface area contributed by atoms with Gasteiger partial charge in [-0.15, -0.1) is 0 Å². The average Bonchev–Trinajstić information content (AvgIpc) is 3.35. The Morgan fingerprint density at radius 1 is 1.32 bits per heavy atom. The van der Waals surface area contributed by atoms with Crippen LogP contribution in [0.3, 0.4) is 0 Å². The number of carbonyl (C=O) groups excluding carboxylic acids is 1. The number of aliphatic hydroxyl groups excluding tert-OH is 1. The lowest BCUT2D eigenvalue weighted by molar-refractivity contribution is -0.131. The third-order valence-corrected chi connectivity index (χ3v) is 5.88. The molecule has 4 rings (SSSR count). The molecule has 1 aliphatic rings. The van der Waals surface area contributed by atoms with Crippen LogP contribution in [-0.2, 0) is 11.2 Å². The number of carbonyl (C=O) groups is 1. The van der Waals surface area contributed by atoms with Gasteiger partial charge in [0.05, 0.1) is 31.2 Å². The van der Waals surface area contributed by atoms with Crippen LogP contribution in [0, 0.1) is 0 Å². The summed E-state index contributed by atoms with van der Waals surface area (Å²) in [6.45, 7) is 2.05. The lowest BCUT2D eigenvalue weighted by Crippen LogP contribution is -2.39. The molecule has 31 heavy (non-hydrogen) atoms. The molecule has 8 heteroatoms. The summed E-state index contributed by atoms with van der Waals surface area (Å²) in [7, 11) is 3.43. The first-order chi connectivity index (χ1) is 14.9. The fraction of sp³-hybridized carbons (Fsp3) is 0.391. The fourth-order valence-corrected chi connectivity index (χ4v) is 4.08. The van der Waals surface area contributed by atoms with Crippen LogP contribution in [0.15, 0.2) is 51.7 Å². The summed E-state index contributed by atoms with van der Waals surface area (Å²) < 4.78 is 10.3. The van der Waals surface area contributed by atoms with Crippen LogP contribution in [0.25, 0.3) is 11.1 Å². The van der Waals surface area contributed by atoms with Gasteiger partial charge in [0.1, 0.15) is 5.75 Å². The molecule has 2 aromatic carbocycles. The van der Waals surface area contributed by atoms with Gasteiger partial charge in [-0.05, 0) is 41.8 Å². The maximum absolute atomic E-state index is 13.2. The minimum atomic E-state index is -0.511. The number of aromatic nitrogens is 1. The van der Waals surface area contributed by atoms with E-state index in [9.17, 15) is 14.7 Å². The molecule has 0 spiro atoms. The Kier molecular flexibility index (Phi) is 6.11. The highest BCUT2D eigenvalue weighted by Crippen LogP contribution is 2.26. The Labute approximate surface area is 180 Å². The summed E-state index contributed by atoms with van der Waals surface area (Å²) in [4.78, 5) is 31.1. The standard InChI is InChI=1S/C23H27N3O5/c1-25(22(28)12-15-3-8-21-19(11-15)24-23(29)31-21)20(14-26-10-9-17(27)13-26)16-4-6-18(30-2)7-5-16/h3-8,11,17,20,27H,9-10,12-14H2,1-2H3,(H,24,29)/t17-,20+/m0/s1. The van der Waals surface area contributed by atoms with Gasteiger partial charge in [0.2, 0.25) is 5.91 Å². The number of hydrogen-bond donors (Lipinski definition) is 2. The number of likely N-dealkylation sites (tertiary alicyclic amines) is 1. The first kappa shape index (κ1) is 21.1. The smallest absolute Gasteiger partial charge is 0.417 e. The van der Waals surface area contributed by atoms with Crippen molar-refractivity contribution >= 4 is 17.0 Å². The second-order valence-electron chi connectivity index (χ2n) is 8.02. The first-order valence-corrected chi connectivity index (χ1v) is 10.3. The zero-order valence-corrected chi connectivity index (χ0v) is 17.7. The molecule has 0 aliphatic carbocycles. The number of nitrogens with one attached hydrogen (secondary N) is 1. The maximum Gasteiger partial charge on any atom is 0.417 e. The number of benzene rings is 2. The van der Waals surface area contributed by atoms with E-state index in [1.54, 1.807) is 30.2 Å². The molecule has 2 heterocycles. The Balaban J connectivity index is 1.54. The van der Waals surface area contributed by atoms with Crippen LogP contribution in [0.1, 0.15) is 23.6 Å². The van der Waals surface area contributed by atoms with Gasteiger partial charge in [0.25, 0.3) is 0 Å². The number of ether oxygens (including phenoxy) is 1. The van der Waals surface area contributed by atoms with E-state index in [0.717, 1.165) is 29.8 Å². The Hall–Kier alpha value is -3.10. The molecule has 2 atom stereocenters. The highest BCUT2D eigenvalue weighted by Gasteiger charge is 2.28. The number of oxazole rings is 1. The number of nitrogens with zero attached hydrogens (tertiary/aromatic N) is 2. The Morgan fingerprint density at radius 3 is 2.77 bits per heavy atom. The van der Waals surface area contributed by atoms with Crippen molar-refractivity contribution in [3.05, 3.63) is 64.1 Å². The monoisotopic (exact) mass is 425 g/mol. The van der Waals surface area contributed by atoms with Crippen LogP contribution >= 0.6 is 0 Å². The van der Waals surface area contributed by atoms with E-state index < -0.39 is 5.76 Å². The fourth-order valence-electron chi connectivity index (χ4n) is 4.08. The van der Waals surface area contributed by atoms with Crippen molar-refractivity contribution < 1.29 is 19.1 Å². The minimum absolute atomic E-state index is 0.0363. The van der Waals surface area contributed by atoms with E-state index in [1.165, 1.54) is 0 Å². The minimum Gasteiger partial charge on any atom is -0.497 e.